The van der Waals surface area contributed by atoms with Gasteiger partial charge in [-0.25, -0.2) is 5.01 Å². The number of halogens is 1. The van der Waals surface area contributed by atoms with Crippen LogP contribution in [0.2, 0.25) is 0 Å². The minimum atomic E-state index is -0.537. The Bertz CT molecular complexity index is 844. The van der Waals surface area contributed by atoms with E-state index in [0.29, 0.717) is 10.6 Å². The third-order valence-corrected chi connectivity index (χ3v) is 4.76. The molecule has 1 aliphatic rings. The minimum absolute atomic E-state index is 0.0443. The first-order chi connectivity index (χ1) is 11.0. The second kappa shape index (κ2) is 6.08. The highest BCUT2D eigenvalue weighted by Crippen LogP contribution is 2.28. The Balaban J connectivity index is 1.90. The maximum Gasteiger partial charge on any atom is 0.324 e. The van der Waals surface area contributed by atoms with E-state index in [4.69, 9.17) is 0 Å². The molecule has 1 aromatic carbocycles. The SMILES string of the molecule is O=C1NN(c2ccc(I)cc2)C(=O)/C1=C/c1ccc([N+](=O)[O-])s1. The predicted molar refractivity (Wildman–Crippen MR) is 93.7 cm³/mol. The Hall–Kier alpha value is -2.27. The number of benzene rings is 1. The van der Waals surface area contributed by atoms with Crippen molar-refractivity contribution in [3.8, 4) is 0 Å². The van der Waals surface area contributed by atoms with Crippen LogP contribution >= 0.6 is 33.9 Å². The summed E-state index contributed by atoms with van der Waals surface area (Å²) in [5.74, 6) is -1.03. The van der Waals surface area contributed by atoms with E-state index < -0.39 is 16.7 Å². The highest BCUT2D eigenvalue weighted by molar-refractivity contribution is 14.1. The van der Waals surface area contributed by atoms with Crippen LogP contribution in [0.3, 0.4) is 0 Å². The van der Waals surface area contributed by atoms with Gasteiger partial charge in [-0.3, -0.25) is 25.1 Å². The number of nitrogens with zero attached hydrogens (tertiary/aromatic N) is 2. The van der Waals surface area contributed by atoms with Gasteiger partial charge in [0, 0.05) is 14.5 Å². The summed E-state index contributed by atoms with van der Waals surface area (Å²) >= 11 is 3.04. The van der Waals surface area contributed by atoms with Crippen molar-refractivity contribution < 1.29 is 14.5 Å². The summed E-state index contributed by atoms with van der Waals surface area (Å²) in [6.07, 6.45) is 1.36. The number of hydrogen-bond acceptors (Lipinski definition) is 5. The first-order valence-corrected chi connectivity index (χ1v) is 8.22. The Labute approximate surface area is 147 Å². The van der Waals surface area contributed by atoms with Gasteiger partial charge in [0.15, 0.2) is 0 Å². The zero-order valence-electron chi connectivity index (χ0n) is 11.4. The van der Waals surface area contributed by atoms with Gasteiger partial charge in [0.2, 0.25) is 0 Å². The van der Waals surface area contributed by atoms with Crippen LogP contribution in [0.1, 0.15) is 4.88 Å². The quantitative estimate of drug-likeness (QED) is 0.261. The third kappa shape index (κ3) is 3.10. The summed E-state index contributed by atoms with van der Waals surface area (Å²) in [7, 11) is 0. The molecule has 0 radical (unpaired) electrons. The van der Waals surface area contributed by atoms with Crippen molar-refractivity contribution in [3.05, 3.63) is 60.5 Å². The van der Waals surface area contributed by atoms with E-state index >= 15 is 0 Å². The van der Waals surface area contributed by atoms with Gasteiger partial charge in [0.25, 0.3) is 11.8 Å². The van der Waals surface area contributed by atoms with E-state index in [-0.39, 0.29) is 10.6 Å². The Morgan fingerprint density at radius 1 is 1.17 bits per heavy atom. The molecule has 0 unspecified atom stereocenters. The fourth-order valence-electron chi connectivity index (χ4n) is 1.99. The zero-order chi connectivity index (χ0) is 16.6. The van der Waals surface area contributed by atoms with E-state index in [1.165, 1.54) is 18.2 Å². The lowest BCUT2D eigenvalue weighted by atomic mass is 10.2. The second-order valence-corrected chi connectivity index (χ2v) is 6.89. The number of rotatable bonds is 3. The molecule has 1 fully saturated rings. The lowest BCUT2D eigenvalue weighted by molar-refractivity contribution is -0.380. The van der Waals surface area contributed by atoms with Crippen molar-refractivity contribution in [2.45, 2.75) is 0 Å². The van der Waals surface area contributed by atoms with Crippen molar-refractivity contribution in [2.75, 3.05) is 5.01 Å². The maximum atomic E-state index is 12.4. The average molecular weight is 441 g/mol. The molecule has 1 aromatic heterocycles. The lowest BCUT2D eigenvalue weighted by Crippen LogP contribution is -2.35. The Kier molecular flexibility index (Phi) is 4.13. The van der Waals surface area contributed by atoms with Crippen LogP contribution in [0.25, 0.3) is 6.08 Å². The molecule has 0 atom stereocenters. The molecule has 2 amide bonds. The number of hydrogen-bond donors (Lipinski definition) is 1. The predicted octanol–water partition coefficient (Wildman–Crippen LogP) is 2.72. The van der Waals surface area contributed by atoms with E-state index in [0.717, 1.165) is 19.9 Å². The molecule has 23 heavy (non-hydrogen) atoms. The first-order valence-electron chi connectivity index (χ1n) is 6.32. The molecule has 0 spiro atoms. The van der Waals surface area contributed by atoms with Gasteiger partial charge in [0.05, 0.1) is 10.6 Å². The number of carbonyl (C=O) groups excluding carboxylic acids is 2. The van der Waals surface area contributed by atoms with Crippen molar-refractivity contribution in [3.63, 3.8) is 0 Å². The standard InChI is InChI=1S/C14H8IN3O4S/c15-8-1-3-9(4-2-8)17-14(20)11(13(19)16-17)7-10-5-6-12(23-10)18(21)22/h1-7H,(H,16,19)/b11-7+. The molecule has 2 aromatic rings. The van der Waals surface area contributed by atoms with Crippen molar-refractivity contribution in [1.29, 1.82) is 0 Å². The number of nitro groups is 1. The van der Waals surface area contributed by atoms with Crippen molar-refractivity contribution in [2.24, 2.45) is 0 Å². The summed E-state index contributed by atoms with van der Waals surface area (Å²) in [6, 6.07) is 9.92. The molecule has 0 aliphatic carbocycles. The van der Waals surface area contributed by atoms with Crippen LogP contribution in [0, 0.1) is 13.7 Å². The van der Waals surface area contributed by atoms with E-state index in [1.807, 2.05) is 12.1 Å². The Morgan fingerprint density at radius 3 is 2.48 bits per heavy atom. The van der Waals surface area contributed by atoms with Gasteiger partial charge in [0.1, 0.15) is 5.57 Å². The minimum Gasteiger partial charge on any atom is -0.267 e. The second-order valence-electron chi connectivity index (χ2n) is 4.55. The summed E-state index contributed by atoms with van der Waals surface area (Å²) in [6.45, 7) is 0. The van der Waals surface area contributed by atoms with Crippen LogP contribution < -0.4 is 10.4 Å². The summed E-state index contributed by atoms with van der Waals surface area (Å²) in [5.41, 5.74) is 2.97. The lowest BCUT2D eigenvalue weighted by Gasteiger charge is -2.14. The number of anilines is 1. The fourth-order valence-corrected chi connectivity index (χ4v) is 3.11. The maximum absolute atomic E-state index is 12.4. The topological polar surface area (TPSA) is 92.6 Å². The molecule has 0 bridgehead atoms. The molecule has 1 N–H and O–H groups in total. The fraction of sp³-hybridized carbons (Fsp3) is 0. The molecule has 0 saturated carbocycles. The van der Waals surface area contributed by atoms with Crippen LogP contribution in [-0.4, -0.2) is 16.7 Å². The van der Waals surface area contributed by atoms with E-state index in [1.54, 1.807) is 12.1 Å². The average Bonchev–Trinajstić information content (AvgIpc) is 3.09. The van der Waals surface area contributed by atoms with Crippen LogP contribution in [0.15, 0.2) is 42.0 Å². The molecule has 3 rings (SSSR count). The Morgan fingerprint density at radius 2 is 1.87 bits per heavy atom. The molecule has 1 aliphatic heterocycles. The molecule has 116 valence electrons. The smallest absolute Gasteiger partial charge is 0.267 e. The van der Waals surface area contributed by atoms with Gasteiger partial charge in [-0.1, -0.05) is 11.3 Å². The van der Waals surface area contributed by atoms with Gasteiger partial charge in [-0.05, 0) is 59.0 Å². The monoisotopic (exact) mass is 441 g/mol. The number of thiophene rings is 1. The van der Waals surface area contributed by atoms with Crippen molar-refractivity contribution in [1.82, 2.24) is 5.43 Å². The number of amides is 2. The molecule has 7 nitrogen and oxygen atoms in total. The van der Waals surface area contributed by atoms with Crippen LogP contribution in [0.4, 0.5) is 10.7 Å². The van der Waals surface area contributed by atoms with Gasteiger partial charge >= 0.3 is 5.00 Å². The highest BCUT2D eigenvalue weighted by atomic mass is 127. The van der Waals surface area contributed by atoms with Crippen molar-refractivity contribution >= 4 is 62.5 Å². The number of nitrogens with one attached hydrogen (secondary N) is 1. The number of hydrazine groups is 1. The van der Waals surface area contributed by atoms with E-state index in [2.05, 4.69) is 28.0 Å². The van der Waals surface area contributed by atoms with Gasteiger partial charge < -0.3 is 0 Å². The molecule has 9 heteroatoms. The number of carbonyl (C=O) groups is 2. The van der Waals surface area contributed by atoms with Gasteiger partial charge in [-0.15, -0.1) is 0 Å². The largest absolute Gasteiger partial charge is 0.324 e. The van der Waals surface area contributed by atoms with E-state index in [9.17, 15) is 19.7 Å². The van der Waals surface area contributed by atoms with Crippen LogP contribution in [0.5, 0.6) is 0 Å². The molecule has 1 saturated heterocycles. The van der Waals surface area contributed by atoms with Gasteiger partial charge in [-0.2, -0.15) is 0 Å². The summed E-state index contributed by atoms with van der Waals surface area (Å²) in [5, 5.41) is 11.8. The summed E-state index contributed by atoms with van der Waals surface area (Å²) < 4.78 is 1.01. The molecule has 2 heterocycles. The molecular formula is C14H8IN3O4S. The third-order valence-electron chi connectivity index (χ3n) is 3.06. The summed E-state index contributed by atoms with van der Waals surface area (Å²) in [4.78, 5) is 35.0. The van der Waals surface area contributed by atoms with Crippen LogP contribution in [-0.2, 0) is 9.59 Å². The highest BCUT2D eigenvalue weighted by Gasteiger charge is 2.34. The zero-order valence-corrected chi connectivity index (χ0v) is 14.3. The first kappa shape index (κ1) is 15.6. The molecular weight excluding hydrogens is 433 g/mol. The normalized spacial score (nSPS) is 16.0.